The molecule has 3 heterocycles. The van der Waals surface area contributed by atoms with Gasteiger partial charge in [-0.25, -0.2) is 4.79 Å². The van der Waals surface area contributed by atoms with Gasteiger partial charge in [-0.3, -0.25) is 4.68 Å². The Balaban J connectivity index is 1.90. The largest absolute Gasteiger partial charge is 0.444 e. The molecule has 1 N–H and O–H groups in total. The second-order valence-electron chi connectivity index (χ2n) is 7.90. The minimum atomic E-state index is -3.01. The summed E-state index contributed by atoms with van der Waals surface area (Å²) in [6, 6.07) is 0. The van der Waals surface area contributed by atoms with Gasteiger partial charge in [-0.1, -0.05) is 0 Å². The van der Waals surface area contributed by atoms with Gasteiger partial charge in [0.05, 0.1) is 12.2 Å². The van der Waals surface area contributed by atoms with E-state index in [1.165, 1.54) is 9.58 Å². The van der Waals surface area contributed by atoms with Crippen molar-refractivity contribution in [2.45, 2.75) is 64.6 Å². The predicted molar refractivity (Wildman–Crippen MR) is 86.3 cm³/mol. The van der Waals surface area contributed by atoms with Crippen LogP contribution < -0.4 is 0 Å². The van der Waals surface area contributed by atoms with Gasteiger partial charge in [0.1, 0.15) is 11.3 Å². The molecule has 0 fully saturated rings. The van der Waals surface area contributed by atoms with Gasteiger partial charge in [0.2, 0.25) is 0 Å². The number of ether oxygens (including phenoxy) is 1. The van der Waals surface area contributed by atoms with E-state index in [1.54, 1.807) is 20.8 Å². The van der Waals surface area contributed by atoms with Crippen molar-refractivity contribution >= 4 is 6.09 Å². The molecule has 25 heavy (non-hydrogen) atoms. The topological polar surface area (TPSA) is 67.6 Å². The molecule has 2 aliphatic rings. The zero-order chi connectivity index (χ0) is 18.4. The number of aliphatic hydroxyl groups excluding tert-OH is 1. The highest BCUT2D eigenvalue weighted by Crippen LogP contribution is 2.41. The third kappa shape index (κ3) is 3.63. The summed E-state index contributed by atoms with van der Waals surface area (Å²) in [6.45, 7) is 5.94. The van der Waals surface area contributed by atoms with Gasteiger partial charge in [-0.05, 0) is 27.2 Å². The molecule has 8 heteroatoms. The van der Waals surface area contributed by atoms with Gasteiger partial charge in [-0.2, -0.15) is 13.9 Å². The van der Waals surface area contributed by atoms with Crippen LogP contribution in [0, 0.1) is 5.92 Å². The van der Waals surface area contributed by atoms with Crippen molar-refractivity contribution in [2.24, 2.45) is 5.92 Å². The van der Waals surface area contributed by atoms with Gasteiger partial charge in [0, 0.05) is 44.0 Å². The summed E-state index contributed by atoms with van der Waals surface area (Å²) in [4.78, 5) is 13.8. The molecule has 1 unspecified atom stereocenters. The number of hydrogen-bond acceptors (Lipinski definition) is 4. The third-order valence-corrected chi connectivity index (χ3v) is 4.66. The van der Waals surface area contributed by atoms with Crippen LogP contribution in [0.4, 0.5) is 13.6 Å². The van der Waals surface area contributed by atoms with E-state index in [4.69, 9.17) is 4.74 Å². The number of alkyl halides is 2. The van der Waals surface area contributed by atoms with Crippen molar-refractivity contribution in [1.29, 1.82) is 0 Å². The Labute approximate surface area is 145 Å². The predicted octanol–water partition coefficient (Wildman–Crippen LogP) is 2.67. The van der Waals surface area contributed by atoms with Crippen LogP contribution in [0.3, 0.4) is 0 Å². The Morgan fingerprint density at radius 1 is 1.44 bits per heavy atom. The molecule has 1 amide bonds. The maximum Gasteiger partial charge on any atom is 0.410 e. The molecular formula is C17H25F2N3O3. The Morgan fingerprint density at radius 3 is 2.80 bits per heavy atom. The van der Waals surface area contributed by atoms with E-state index in [9.17, 15) is 18.7 Å². The Kier molecular flexibility index (Phi) is 4.51. The number of rotatable bonds is 1. The number of fused-ring (bicyclic) bond motifs is 3. The van der Waals surface area contributed by atoms with Gasteiger partial charge in [0.25, 0.3) is 5.92 Å². The van der Waals surface area contributed by atoms with Crippen LogP contribution in [-0.4, -0.2) is 44.6 Å². The van der Waals surface area contributed by atoms with Gasteiger partial charge >= 0.3 is 6.09 Å². The fourth-order valence-electron chi connectivity index (χ4n) is 3.44. The maximum atomic E-state index is 14.7. The molecule has 1 aromatic heterocycles. The maximum absolute atomic E-state index is 14.7. The molecule has 3 rings (SSSR count). The highest BCUT2D eigenvalue weighted by Gasteiger charge is 2.44. The first-order valence-corrected chi connectivity index (χ1v) is 8.66. The van der Waals surface area contributed by atoms with Crippen LogP contribution in [0.2, 0.25) is 0 Å². The van der Waals surface area contributed by atoms with E-state index >= 15 is 0 Å². The number of halogens is 2. The number of carbonyl (C=O) groups is 1. The summed E-state index contributed by atoms with van der Waals surface area (Å²) >= 11 is 0. The van der Waals surface area contributed by atoms with Crippen LogP contribution in [0.25, 0.3) is 0 Å². The Hall–Kier alpha value is -1.70. The molecule has 1 atom stereocenters. The summed E-state index contributed by atoms with van der Waals surface area (Å²) in [5.41, 5.74) is 0.312. The lowest BCUT2D eigenvalue weighted by Crippen LogP contribution is -2.40. The minimum absolute atomic E-state index is 0.0823. The lowest BCUT2D eigenvalue weighted by molar-refractivity contribution is -0.0233. The van der Waals surface area contributed by atoms with Crippen molar-refractivity contribution in [3.8, 4) is 0 Å². The highest BCUT2D eigenvalue weighted by molar-refractivity contribution is 5.68. The summed E-state index contributed by atoms with van der Waals surface area (Å²) in [6.07, 6.45) is -0.141. The van der Waals surface area contributed by atoms with E-state index in [-0.39, 0.29) is 44.1 Å². The smallest absolute Gasteiger partial charge is 0.410 e. The second-order valence-corrected chi connectivity index (χ2v) is 7.90. The summed E-state index contributed by atoms with van der Waals surface area (Å²) < 4.78 is 36.1. The van der Waals surface area contributed by atoms with Crippen molar-refractivity contribution in [2.75, 3.05) is 13.2 Å². The third-order valence-electron chi connectivity index (χ3n) is 4.66. The van der Waals surface area contributed by atoms with Crippen molar-refractivity contribution in [3.05, 3.63) is 17.0 Å². The van der Waals surface area contributed by atoms with Crippen molar-refractivity contribution in [3.63, 3.8) is 0 Å². The van der Waals surface area contributed by atoms with E-state index in [2.05, 4.69) is 5.10 Å². The first-order valence-electron chi connectivity index (χ1n) is 8.66. The van der Waals surface area contributed by atoms with E-state index < -0.39 is 17.6 Å². The molecule has 2 aliphatic heterocycles. The second kappa shape index (κ2) is 6.23. The number of nitrogens with zero attached hydrogens (tertiary/aromatic N) is 3. The molecule has 6 nitrogen and oxygen atoms in total. The molecule has 140 valence electrons. The summed E-state index contributed by atoms with van der Waals surface area (Å²) in [7, 11) is 0. The number of hydrogen-bond donors (Lipinski definition) is 1. The molecule has 0 bridgehead atoms. The molecule has 0 saturated heterocycles. The average molecular weight is 357 g/mol. The average Bonchev–Trinajstić information content (AvgIpc) is 2.81. The van der Waals surface area contributed by atoms with Crippen LogP contribution in [0.15, 0.2) is 0 Å². The van der Waals surface area contributed by atoms with Crippen LogP contribution in [-0.2, 0) is 30.2 Å². The Morgan fingerprint density at radius 2 is 2.16 bits per heavy atom. The fraction of sp³-hybridized carbons (Fsp3) is 0.765. The number of aromatic nitrogens is 2. The quantitative estimate of drug-likeness (QED) is 0.839. The number of amides is 1. The van der Waals surface area contributed by atoms with Gasteiger partial charge < -0.3 is 14.7 Å². The molecule has 0 spiro atoms. The van der Waals surface area contributed by atoms with Crippen molar-refractivity contribution in [1.82, 2.24) is 14.7 Å². The molecule has 0 radical (unpaired) electrons. The summed E-state index contributed by atoms with van der Waals surface area (Å²) in [5.74, 6) is -3.24. The lowest BCUT2D eigenvalue weighted by atomic mass is 9.98. The molecule has 1 aromatic rings. The zero-order valence-electron chi connectivity index (χ0n) is 14.9. The first-order chi connectivity index (χ1) is 11.6. The lowest BCUT2D eigenvalue weighted by Gasteiger charge is -2.30. The van der Waals surface area contributed by atoms with E-state index in [0.29, 0.717) is 24.2 Å². The highest BCUT2D eigenvalue weighted by atomic mass is 19.3. The number of carbonyl (C=O) groups excluding carboxylic acids is 1. The molecule has 0 aromatic carbocycles. The Bertz CT molecular complexity index is 667. The molecule has 0 aliphatic carbocycles. The fourth-order valence-corrected chi connectivity index (χ4v) is 3.44. The van der Waals surface area contributed by atoms with Crippen molar-refractivity contribution < 1.29 is 23.4 Å². The van der Waals surface area contributed by atoms with E-state index in [0.717, 1.165) is 0 Å². The summed E-state index contributed by atoms with van der Waals surface area (Å²) in [5, 5.41) is 13.7. The first kappa shape index (κ1) is 18.1. The van der Waals surface area contributed by atoms with Crippen LogP contribution in [0.1, 0.15) is 50.6 Å². The zero-order valence-corrected chi connectivity index (χ0v) is 14.9. The normalized spacial score (nSPS) is 22.8. The monoisotopic (exact) mass is 357 g/mol. The van der Waals surface area contributed by atoms with Gasteiger partial charge in [0.15, 0.2) is 0 Å². The number of aliphatic hydroxyl groups is 1. The minimum Gasteiger partial charge on any atom is -0.444 e. The SMILES string of the molecule is CC(C)(C)OC(=O)N1CCc2nn3c(c2C1)C(F)(F)CCC(CO)C3. The van der Waals surface area contributed by atoms with Crippen LogP contribution >= 0.6 is 0 Å². The standard InChI is InChI=1S/C17H25F2N3O3/c1-16(2,3)25-15(24)21-7-5-13-12(9-21)14-17(18,19)6-4-11(10-23)8-22(14)20-13/h11,23H,4-10H2,1-3H3. The van der Waals surface area contributed by atoms with E-state index in [1.807, 2.05) is 0 Å². The van der Waals surface area contributed by atoms with Gasteiger partial charge in [-0.15, -0.1) is 0 Å². The van der Waals surface area contributed by atoms with Crippen LogP contribution in [0.5, 0.6) is 0 Å². The molecular weight excluding hydrogens is 332 g/mol. The molecule has 0 saturated carbocycles.